The van der Waals surface area contributed by atoms with Gasteiger partial charge in [0, 0.05) is 12.0 Å². The fourth-order valence-corrected chi connectivity index (χ4v) is 1.92. The van der Waals surface area contributed by atoms with Gasteiger partial charge in [0.25, 0.3) is 0 Å². The molecule has 0 saturated carbocycles. The van der Waals surface area contributed by atoms with E-state index < -0.39 is 17.4 Å². The zero-order valence-electron chi connectivity index (χ0n) is 9.46. The summed E-state index contributed by atoms with van der Waals surface area (Å²) < 4.78 is 23.6. The molecule has 1 heterocycles. The molecule has 2 rings (SSSR count). The highest BCUT2D eigenvalue weighted by molar-refractivity contribution is 5.92. The Morgan fingerprint density at radius 1 is 1.50 bits per heavy atom. The van der Waals surface area contributed by atoms with Crippen LogP contribution in [0.25, 0.3) is 0 Å². The molecule has 1 aliphatic heterocycles. The van der Waals surface area contributed by atoms with Gasteiger partial charge in [0.15, 0.2) is 11.6 Å². The molecule has 0 N–H and O–H groups in total. The largest absolute Gasteiger partial charge is 0.484 e. The smallest absolute Gasteiger partial charge is 0.338 e. The molecule has 4 heteroatoms. The maximum absolute atomic E-state index is 13.5. The molecule has 16 heavy (non-hydrogen) atoms. The van der Waals surface area contributed by atoms with Crippen LogP contribution < -0.4 is 4.74 Å². The summed E-state index contributed by atoms with van der Waals surface area (Å²) in [4.78, 5) is 11.5. The van der Waals surface area contributed by atoms with Crippen LogP contribution in [0.5, 0.6) is 5.75 Å². The first-order valence-electron chi connectivity index (χ1n) is 5.03. The molecule has 3 nitrogen and oxygen atoms in total. The number of halogens is 1. The molecule has 0 spiro atoms. The van der Waals surface area contributed by atoms with Crippen LogP contribution in [-0.4, -0.2) is 18.7 Å². The van der Waals surface area contributed by atoms with Crippen molar-refractivity contribution >= 4 is 5.97 Å². The lowest BCUT2D eigenvalue weighted by Crippen LogP contribution is -2.25. The summed E-state index contributed by atoms with van der Waals surface area (Å²) in [7, 11) is 1.30. The van der Waals surface area contributed by atoms with Crippen molar-refractivity contribution in [2.24, 2.45) is 0 Å². The number of esters is 1. The van der Waals surface area contributed by atoms with Crippen LogP contribution >= 0.6 is 0 Å². The lowest BCUT2D eigenvalue weighted by atomic mass is 9.97. The van der Waals surface area contributed by atoms with E-state index in [9.17, 15) is 9.18 Å². The van der Waals surface area contributed by atoms with Gasteiger partial charge in [-0.25, -0.2) is 9.18 Å². The maximum atomic E-state index is 13.5. The summed E-state index contributed by atoms with van der Waals surface area (Å²) in [6, 6.07) is 2.66. The molecular formula is C12H13FO3. The molecule has 1 aromatic carbocycles. The number of benzene rings is 1. The number of carbonyl (C=O) groups is 1. The predicted molar refractivity (Wildman–Crippen MR) is 56.2 cm³/mol. The van der Waals surface area contributed by atoms with Crippen molar-refractivity contribution < 1.29 is 18.7 Å². The summed E-state index contributed by atoms with van der Waals surface area (Å²) in [6.07, 6.45) is 0.504. The minimum absolute atomic E-state index is 0.174. The van der Waals surface area contributed by atoms with Crippen molar-refractivity contribution in [2.75, 3.05) is 7.11 Å². The molecular weight excluding hydrogens is 211 g/mol. The average molecular weight is 224 g/mol. The Bertz CT molecular complexity index is 452. The lowest BCUT2D eigenvalue weighted by Gasteiger charge is -2.16. The summed E-state index contributed by atoms with van der Waals surface area (Å²) in [6.45, 7) is 3.71. The zero-order chi connectivity index (χ0) is 11.9. The third-order valence-corrected chi connectivity index (χ3v) is 2.60. The molecule has 1 aromatic rings. The predicted octanol–water partition coefficient (Wildman–Crippen LogP) is 2.33. The standard InChI is InChI=1S/C12H13FO3/c1-12(2)6-8-7(11(14)15-3)4-5-9(13)10(8)16-12/h4-5H,6H2,1-3H3. The van der Waals surface area contributed by atoms with Crippen LogP contribution in [0.1, 0.15) is 29.8 Å². The summed E-state index contributed by atoms with van der Waals surface area (Å²) in [5, 5.41) is 0. The lowest BCUT2D eigenvalue weighted by molar-refractivity contribution is 0.0599. The zero-order valence-corrected chi connectivity index (χ0v) is 9.46. The molecule has 0 saturated heterocycles. The van der Waals surface area contributed by atoms with E-state index in [4.69, 9.17) is 4.74 Å². The molecule has 1 aliphatic rings. The van der Waals surface area contributed by atoms with E-state index in [2.05, 4.69) is 4.74 Å². The first-order chi connectivity index (χ1) is 7.44. The third-order valence-electron chi connectivity index (χ3n) is 2.60. The fourth-order valence-electron chi connectivity index (χ4n) is 1.92. The van der Waals surface area contributed by atoms with Crippen LogP contribution in [0.2, 0.25) is 0 Å². The molecule has 0 unspecified atom stereocenters. The monoisotopic (exact) mass is 224 g/mol. The van der Waals surface area contributed by atoms with Gasteiger partial charge in [0.1, 0.15) is 5.60 Å². The second-order valence-electron chi connectivity index (χ2n) is 4.43. The van der Waals surface area contributed by atoms with E-state index >= 15 is 0 Å². The Morgan fingerprint density at radius 2 is 2.19 bits per heavy atom. The molecule has 0 aromatic heterocycles. The van der Waals surface area contributed by atoms with Crippen molar-refractivity contribution in [1.29, 1.82) is 0 Å². The van der Waals surface area contributed by atoms with Gasteiger partial charge in [-0.15, -0.1) is 0 Å². The van der Waals surface area contributed by atoms with E-state index in [1.807, 2.05) is 13.8 Å². The highest BCUT2D eigenvalue weighted by Crippen LogP contribution is 2.39. The molecule has 0 amide bonds. The van der Waals surface area contributed by atoms with Crippen molar-refractivity contribution in [1.82, 2.24) is 0 Å². The van der Waals surface area contributed by atoms with Crippen LogP contribution in [0.15, 0.2) is 12.1 Å². The normalized spacial score (nSPS) is 16.5. The van der Waals surface area contributed by atoms with Gasteiger partial charge in [-0.1, -0.05) is 0 Å². The summed E-state index contributed by atoms with van der Waals surface area (Å²) in [5.41, 5.74) is 0.495. The van der Waals surface area contributed by atoms with Crippen LogP contribution in [0.4, 0.5) is 4.39 Å². The Balaban J connectivity index is 2.54. The molecule has 0 aliphatic carbocycles. The van der Waals surface area contributed by atoms with Crippen LogP contribution in [0.3, 0.4) is 0 Å². The Labute approximate surface area is 93.2 Å². The molecule has 0 bridgehead atoms. The van der Waals surface area contributed by atoms with E-state index in [-0.39, 0.29) is 5.75 Å². The van der Waals surface area contributed by atoms with Gasteiger partial charge in [0.05, 0.1) is 12.7 Å². The van der Waals surface area contributed by atoms with E-state index in [1.165, 1.54) is 19.2 Å². The summed E-state index contributed by atoms with van der Waals surface area (Å²) >= 11 is 0. The number of fused-ring (bicyclic) bond motifs is 1. The van der Waals surface area contributed by atoms with Crippen LogP contribution in [-0.2, 0) is 11.2 Å². The fraction of sp³-hybridized carbons (Fsp3) is 0.417. The van der Waals surface area contributed by atoms with Gasteiger partial charge in [-0.2, -0.15) is 0 Å². The molecule has 0 atom stereocenters. The Hall–Kier alpha value is -1.58. The highest BCUT2D eigenvalue weighted by Gasteiger charge is 2.35. The minimum atomic E-state index is -0.479. The second-order valence-corrected chi connectivity index (χ2v) is 4.43. The quantitative estimate of drug-likeness (QED) is 0.687. The highest BCUT2D eigenvalue weighted by atomic mass is 19.1. The molecule has 0 radical (unpaired) electrons. The van der Waals surface area contributed by atoms with Crippen molar-refractivity contribution in [3.8, 4) is 5.75 Å². The first kappa shape index (κ1) is 10.9. The summed E-state index contributed by atoms with van der Waals surface area (Å²) in [5.74, 6) is -0.723. The third kappa shape index (κ3) is 1.64. The number of methoxy groups -OCH3 is 1. The van der Waals surface area contributed by atoms with E-state index in [0.29, 0.717) is 17.5 Å². The van der Waals surface area contributed by atoms with Gasteiger partial charge < -0.3 is 9.47 Å². The van der Waals surface area contributed by atoms with Gasteiger partial charge in [-0.05, 0) is 26.0 Å². The maximum Gasteiger partial charge on any atom is 0.338 e. The van der Waals surface area contributed by atoms with Gasteiger partial charge >= 0.3 is 5.97 Å². The Kier molecular flexibility index (Phi) is 2.37. The molecule has 0 fully saturated rings. The SMILES string of the molecule is COC(=O)c1ccc(F)c2c1CC(C)(C)O2. The number of rotatable bonds is 1. The van der Waals surface area contributed by atoms with E-state index in [1.54, 1.807) is 0 Å². The number of hydrogen-bond donors (Lipinski definition) is 0. The van der Waals surface area contributed by atoms with Gasteiger partial charge in [0.2, 0.25) is 0 Å². The van der Waals surface area contributed by atoms with E-state index in [0.717, 1.165) is 0 Å². The number of hydrogen-bond acceptors (Lipinski definition) is 3. The van der Waals surface area contributed by atoms with Gasteiger partial charge in [-0.3, -0.25) is 0 Å². The number of ether oxygens (including phenoxy) is 2. The Morgan fingerprint density at radius 3 is 2.81 bits per heavy atom. The second kappa shape index (κ2) is 3.47. The van der Waals surface area contributed by atoms with Crippen LogP contribution in [0, 0.1) is 5.82 Å². The van der Waals surface area contributed by atoms with Crippen molar-refractivity contribution in [2.45, 2.75) is 25.9 Å². The minimum Gasteiger partial charge on any atom is -0.484 e. The molecule has 86 valence electrons. The average Bonchev–Trinajstić information content (AvgIpc) is 2.54. The first-order valence-corrected chi connectivity index (χ1v) is 5.03. The topological polar surface area (TPSA) is 35.5 Å². The van der Waals surface area contributed by atoms with Crippen molar-refractivity contribution in [3.05, 3.63) is 29.1 Å². The number of carbonyl (C=O) groups excluding carboxylic acids is 1. The van der Waals surface area contributed by atoms with Crippen molar-refractivity contribution in [3.63, 3.8) is 0 Å².